The standard InChI is InChI=1S/C23H15ClF3N3O2S/c1-12-5-7-16(28-20(31)13-3-2-4-15(9-13)23(25,26)27)11-18(12)29-21(32)14-6-8-17-19(10-14)33-22(24)30-17/h2-11H,1H3,(H,28,31)(H,29,32). The summed E-state index contributed by atoms with van der Waals surface area (Å²) in [6.07, 6.45) is -4.55. The second-order valence-electron chi connectivity index (χ2n) is 7.17. The van der Waals surface area contributed by atoms with Crippen molar-refractivity contribution < 1.29 is 22.8 Å². The summed E-state index contributed by atoms with van der Waals surface area (Å²) in [6.45, 7) is 1.78. The van der Waals surface area contributed by atoms with E-state index >= 15 is 0 Å². The van der Waals surface area contributed by atoms with E-state index in [-0.39, 0.29) is 11.5 Å². The molecule has 0 saturated heterocycles. The lowest BCUT2D eigenvalue weighted by Gasteiger charge is -2.13. The summed E-state index contributed by atoms with van der Waals surface area (Å²) < 4.78 is 39.9. The monoisotopic (exact) mass is 489 g/mol. The molecule has 1 heterocycles. The van der Waals surface area contributed by atoms with E-state index in [1.807, 2.05) is 0 Å². The Bertz CT molecular complexity index is 1390. The normalized spacial score (nSPS) is 11.4. The zero-order chi connectivity index (χ0) is 23.8. The molecule has 1 aromatic heterocycles. The molecule has 2 amide bonds. The van der Waals surface area contributed by atoms with Crippen LogP contribution in [0.3, 0.4) is 0 Å². The van der Waals surface area contributed by atoms with Gasteiger partial charge in [-0.2, -0.15) is 13.2 Å². The number of carbonyl (C=O) groups excluding carboxylic acids is 2. The van der Waals surface area contributed by atoms with Gasteiger partial charge in [0.2, 0.25) is 0 Å². The summed E-state index contributed by atoms with van der Waals surface area (Å²) in [6, 6.07) is 14.0. The van der Waals surface area contributed by atoms with E-state index in [0.29, 0.717) is 26.9 Å². The van der Waals surface area contributed by atoms with E-state index in [1.54, 1.807) is 43.3 Å². The number of nitrogens with one attached hydrogen (secondary N) is 2. The Morgan fingerprint density at radius 2 is 1.67 bits per heavy atom. The number of nitrogens with zero attached hydrogens (tertiary/aromatic N) is 1. The van der Waals surface area contributed by atoms with Crippen LogP contribution < -0.4 is 10.6 Å². The lowest BCUT2D eigenvalue weighted by Crippen LogP contribution is -2.15. The molecule has 0 unspecified atom stereocenters. The molecule has 0 atom stereocenters. The van der Waals surface area contributed by atoms with Crippen LogP contribution in [0, 0.1) is 6.92 Å². The molecule has 0 radical (unpaired) electrons. The van der Waals surface area contributed by atoms with Gasteiger partial charge in [-0.25, -0.2) is 4.98 Å². The highest BCUT2D eigenvalue weighted by atomic mass is 35.5. The fraction of sp³-hybridized carbons (Fsp3) is 0.0870. The number of thiazole rings is 1. The molecule has 0 saturated carbocycles. The first-order chi connectivity index (χ1) is 15.6. The number of halogens is 4. The molecule has 5 nitrogen and oxygen atoms in total. The highest BCUT2D eigenvalue weighted by Crippen LogP contribution is 2.30. The van der Waals surface area contributed by atoms with Crippen LogP contribution in [-0.4, -0.2) is 16.8 Å². The number of amides is 2. The molecule has 4 aromatic rings. The minimum absolute atomic E-state index is 0.132. The largest absolute Gasteiger partial charge is 0.416 e. The van der Waals surface area contributed by atoms with Gasteiger partial charge in [-0.1, -0.05) is 23.7 Å². The van der Waals surface area contributed by atoms with Gasteiger partial charge in [0.15, 0.2) is 4.47 Å². The van der Waals surface area contributed by atoms with Crippen LogP contribution in [0.4, 0.5) is 24.5 Å². The Kier molecular flexibility index (Phi) is 6.09. The van der Waals surface area contributed by atoms with Crippen LogP contribution in [0.5, 0.6) is 0 Å². The van der Waals surface area contributed by atoms with Gasteiger partial charge in [0.25, 0.3) is 11.8 Å². The molecule has 0 aliphatic heterocycles. The Morgan fingerprint density at radius 1 is 0.939 bits per heavy atom. The minimum Gasteiger partial charge on any atom is -0.322 e. The summed E-state index contributed by atoms with van der Waals surface area (Å²) in [5, 5.41) is 5.36. The topological polar surface area (TPSA) is 71.1 Å². The maximum Gasteiger partial charge on any atom is 0.416 e. The fourth-order valence-electron chi connectivity index (χ4n) is 3.11. The van der Waals surface area contributed by atoms with Gasteiger partial charge in [0, 0.05) is 22.5 Å². The second kappa shape index (κ2) is 8.84. The van der Waals surface area contributed by atoms with Crippen molar-refractivity contribution in [1.82, 2.24) is 4.98 Å². The molecule has 2 N–H and O–H groups in total. The van der Waals surface area contributed by atoms with Crippen molar-refractivity contribution in [2.75, 3.05) is 10.6 Å². The summed E-state index contributed by atoms with van der Waals surface area (Å²) in [7, 11) is 0. The minimum atomic E-state index is -4.55. The van der Waals surface area contributed by atoms with Crippen molar-refractivity contribution >= 4 is 56.3 Å². The van der Waals surface area contributed by atoms with Crippen molar-refractivity contribution in [2.24, 2.45) is 0 Å². The number of fused-ring (bicyclic) bond motifs is 1. The van der Waals surface area contributed by atoms with Crippen molar-refractivity contribution in [1.29, 1.82) is 0 Å². The van der Waals surface area contributed by atoms with Crippen LogP contribution in [0.15, 0.2) is 60.7 Å². The quantitative estimate of drug-likeness (QED) is 0.332. The Hall–Kier alpha value is -3.43. The number of alkyl halides is 3. The van der Waals surface area contributed by atoms with Gasteiger partial charge in [-0.15, -0.1) is 11.3 Å². The third kappa shape index (κ3) is 5.15. The first-order valence-electron chi connectivity index (χ1n) is 9.57. The molecule has 168 valence electrons. The molecular formula is C23H15ClF3N3O2S. The third-order valence-corrected chi connectivity index (χ3v) is 5.94. The number of aromatic nitrogens is 1. The van der Waals surface area contributed by atoms with Crippen molar-refractivity contribution in [2.45, 2.75) is 13.1 Å². The predicted octanol–water partition coefficient (Wildman–Crippen LogP) is 6.78. The Labute approximate surface area is 195 Å². The number of aryl methyl sites for hydroxylation is 1. The smallest absolute Gasteiger partial charge is 0.322 e. The van der Waals surface area contributed by atoms with E-state index in [9.17, 15) is 22.8 Å². The first-order valence-corrected chi connectivity index (χ1v) is 10.8. The molecular weight excluding hydrogens is 475 g/mol. The van der Waals surface area contributed by atoms with E-state index in [0.717, 1.165) is 22.4 Å². The van der Waals surface area contributed by atoms with Gasteiger partial charge in [-0.3, -0.25) is 9.59 Å². The van der Waals surface area contributed by atoms with Gasteiger partial charge < -0.3 is 10.6 Å². The number of rotatable bonds is 4. The summed E-state index contributed by atoms with van der Waals surface area (Å²) >= 11 is 7.18. The van der Waals surface area contributed by atoms with Gasteiger partial charge in [-0.05, 0) is 61.0 Å². The van der Waals surface area contributed by atoms with E-state index < -0.39 is 17.6 Å². The van der Waals surface area contributed by atoms with Crippen LogP contribution in [0.25, 0.3) is 10.2 Å². The van der Waals surface area contributed by atoms with Gasteiger partial charge in [0.05, 0.1) is 15.8 Å². The average Bonchev–Trinajstić information content (AvgIpc) is 3.14. The molecule has 0 fully saturated rings. The third-order valence-electron chi connectivity index (χ3n) is 4.82. The number of hydrogen-bond acceptors (Lipinski definition) is 4. The average molecular weight is 490 g/mol. The molecule has 0 aliphatic rings. The second-order valence-corrected chi connectivity index (χ2v) is 8.78. The van der Waals surface area contributed by atoms with Crippen molar-refractivity contribution in [3.05, 3.63) is 87.4 Å². The highest BCUT2D eigenvalue weighted by molar-refractivity contribution is 7.22. The number of benzene rings is 3. The lowest BCUT2D eigenvalue weighted by molar-refractivity contribution is -0.137. The first kappa shape index (κ1) is 22.8. The Balaban J connectivity index is 1.52. The molecule has 0 bridgehead atoms. The van der Waals surface area contributed by atoms with Crippen molar-refractivity contribution in [3.63, 3.8) is 0 Å². The van der Waals surface area contributed by atoms with E-state index in [1.165, 1.54) is 23.5 Å². The maximum atomic E-state index is 12.9. The summed E-state index contributed by atoms with van der Waals surface area (Å²) in [4.78, 5) is 29.4. The van der Waals surface area contributed by atoms with Crippen molar-refractivity contribution in [3.8, 4) is 0 Å². The van der Waals surface area contributed by atoms with Crippen LogP contribution in [0.1, 0.15) is 31.8 Å². The fourth-order valence-corrected chi connectivity index (χ4v) is 4.18. The molecule has 10 heteroatoms. The van der Waals surface area contributed by atoms with Crippen LogP contribution in [-0.2, 0) is 6.18 Å². The molecule has 33 heavy (non-hydrogen) atoms. The molecule has 0 aliphatic carbocycles. The zero-order valence-electron chi connectivity index (χ0n) is 17.0. The molecule has 4 rings (SSSR count). The number of hydrogen-bond donors (Lipinski definition) is 2. The summed E-state index contributed by atoms with van der Waals surface area (Å²) in [5.74, 6) is -1.07. The van der Waals surface area contributed by atoms with E-state index in [4.69, 9.17) is 11.6 Å². The van der Waals surface area contributed by atoms with Crippen LogP contribution >= 0.6 is 22.9 Å². The van der Waals surface area contributed by atoms with Crippen LogP contribution in [0.2, 0.25) is 4.47 Å². The Morgan fingerprint density at radius 3 is 2.42 bits per heavy atom. The highest BCUT2D eigenvalue weighted by Gasteiger charge is 2.30. The number of anilines is 2. The predicted molar refractivity (Wildman–Crippen MR) is 123 cm³/mol. The van der Waals surface area contributed by atoms with Gasteiger partial charge >= 0.3 is 6.18 Å². The SMILES string of the molecule is Cc1ccc(NC(=O)c2cccc(C(F)(F)F)c2)cc1NC(=O)c1ccc2nc(Cl)sc2c1. The maximum absolute atomic E-state index is 12.9. The zero-order valence-corrected chi connectivity index (χ0v) is 18.5. The summed E-state index contributed by atoms with van der Waals surface area (Å²) in [5.41, 5.74) is 1.56. The molecule has 3 aromatic carbocycles. The molecule has 0 spiro atoms. The number of carbonyl (C=O) groups is 2. The van der Waals surface area contributed by atoms with Gasteiger partial charge in [0.1, 0.15) is 0 Å². The lowest BCUT2D eigenvalue weighted by atomic mass is 10.1. The van der Waals surface area contributed by atoms with E-state index in [2.05, 4.69) is 15.6 Å².